The fourth-order valence-electron chi connectivity index (χ4n) is 3.91. The molecule has 1 fully saturated rings. The van der Waals surface area contributed by atoms with Gasteiger partial charge in [0, 0.05) is 62.2 Å². The molecule has 1 saturated heterocycles. The van der Waals surface area contributed by atoms with Crippen molar-refractivity contribution in [2.24, 2.45) is 7.05 Å². The van der Waals surface area contributed by atoms with Crippen molar-refractivity contribution >= 4 is 22.7 Å². The second-order valence-electron chi connectivity index (χ2n) is 7.07. The van der Waals surface area contributed by atoms with Crippen LogP contribution in [0.25, 0.3) is 10.9 Å². The fraction of sp³-hybridized carbons (Fsp3) is 0.333. The predicted octanol–water partition coefficient (Wildman–Crippen LogP) is 2.80. The van der Waals surface area contributed by atoms with E-state index >= 15 is 0 Å². The molecule has 4 rings (SSSR count). The van der Waals surface area contributed by atoms with E-state index in [9.17, 15) is 9.59 Å². The Morgan fingerprint density at radius 3 is 2.37 bits per heavy atom. The van der Waals surface area contributed by atoms with Gasteiger partial charge in [-0.25, -0.2) is 0 Å². The lowest BCUT2D eigenvalue weighted by molar-refractivity contribution is 0.0719. The van der Waals surface area contributed by atoms with E-state index in [2.05, 4.69) is 9.55 Å². The molecule has 6 nitrogen and oxygen atoms in total. The lowest BCUT2D eigenvalue weighted by Crippen LogP contribution is -2.37. The second-order valence-corrected chi connectivity index (χ2v) is 7.07. The summed E-state index contributed by atoms with van der Waals surface area (Å²) in [4.78, 5) is 32.6. The Bertz CT molecular complexity index is 987. The smallest absolute Gasteiger partial charge is 0.256 e. The van der Waals surface area contributed by atoms with Gasteiger partial charge < -0.3 is 19.4 Å². The Hall–Kier alpha value is -3.02. The normalized spacial score (nSPS) is 15.2. The first-order valence-electron chi connectivity index (χ1n) is 9.33. The van der Waals surface area contributed by atoms with Crippen LogP contribution >= 0.6 is 0 Å². The number of rotatable bonds is 2. The van der Waals surface area contributed by atoms with Gasteiger partial charge in [-0.3, -0.25) is 9.59 Å². The standard InChI is InChI=1S/C21H24N4O2/c1-15-19(17-6-3-4-7-18(17)23(15)2)21(27)25-11-5-10-24(12-13-25)20(26)16-8-9-22-14-16/h3-4,6-9,14,22H,5,10-13H2,1-2H3. The number of carbonyl (C=O) groups excluding carboxylic acids is 2. The third kappa shape index (κ3) is 3.01. The summed E-state index contributed by atoms with van der Waals surface area (Å²) in [5.41, 5.74) is 3.49. The number of benzene rings is 1. The molecule has 140 valence electrons. The van der Waals surface area contributed by atoms with E-state index in [1.807, 2.05) is 48.0 Å². The van der Waals surface area contributed by atoms with Crippen LogP contribution in [-0.2, 0) is 7.05 Å². The van der Waals surface area contributed by atoms with Crippen LogP contribution in [0.5, 0.6) is 0 Å². The number of amides is 2. The molecule has 3 heterocycles. The van der Waals surface area contributed by atoms with Crippen molar-refractivity contribution in [3.05, 3.63) is 59.5 Å². The van der Waals surface area contributed by atoms with Crippen LogP contribution in [0.2, 0.25) is 0 Å². The zero-order valence-electron chi connectivity index (χ0n) is 15.7. The van der Waals surface area contributed by atoms with Crippen LogP contribution in [0.4, 0.5) is 0 Å². The first-order valence-corrected chi connectivity index (χ1v) is 9.33. The molecule has 0 atom stereocenters. The minimum atomic E-state index is 0.0203. The minimum Gasteiger partial charge on any atom is -0.367 e. The van der Waals surface area contributed by atoms with Crippen LogP contribution < -0.4 is 0 Å². The number of nitrogens with one attached hydrogen (secondary N) is 1. The largest absolute Gasteiger partial charge is 0.367 e. The molecule has 1 aliphatic rings. The zero-order chi connectivity index (χ0) is 19.0. The molecule has 0 radical (unpaired) electrons. The number of aryl methyl sites for hydroxylation is 1. The molecule has 2 amide bonds. The maximum Gasteiger partial charge on any atom is 0.256 e. The third-order valence-electron chi connectivity index (χ3n) is 5.53. The SMILES string of the molecule is Cc1c(C(=O)N2CCCN(C(=O)c3cc[nH]c3)CC2)c2ccccc2n1C. The van der Waals surface area contributed by atoms with E-state index in [4.69, 9.17) is 0 Å². The van der Waals surface area contributed by atoms with E-state index in [1.54, 1.807) is 18.5 Å². The first kappa shape index (κ1) is 17.4. The summed E-state index contributed by atoms with van der Waals surface area (Å²) in [6.07, 6.45) is 4.26. The van der Waals surface area contributed by atoms with Crippen LogP contribution in [0.3, 0.4) is 0 Å². The Morgan fingerprint density at radius 1 is 0.963 bits per heavy atom. The molecule has 3 aromatic rings. The molecule has 2 aromatic heterocycles. The highest BCUT2D eigenvalue weighted by molar-refractivity contribution is 6.08. The van der Waals surface area contributed by atoms with Crippen molar-refractivity contribution in [3.8, 4) is 0 Å². The number of nitrogens with zero attached hydrogens (tertiary/aromatic N) is 3. The summed E-state index contributed by atoms with van der Waals surface area (Å²) in [5.74, 6) is 0.0760. The molecule has 0 spiro atoms. The van der Waals surface area contributed by atoms with Crippen molar-refractivity contribution in [3.63, 3.8) is 0 Å². The van der Waals surface area contributed by atoms with E-state index in [0.29, 0.717) is 31.7 Å². The molecule has 27 heavy (non-hydrogen) atoms. The molecule has 1 N–H and O–H groups in total. The van der Waals surface area contributed by atoms with Crippen molar-refractivity contribution in [2.45, 2.75) is 13.3 Å². The average molecular weight is 364 g/mol. The number of aromatic amines is 1. The topological polar surface area (TPSA) is 61.3 Å². The van der Waals surface area contributed by atoms with Gasteiger partial charge in [-0.15, -0.1) is 0 Å². The van der Waals surface area contributed by atoms with Crippen molar-refractivity contribution in [1.82, 2.24) is 19.4 Å². The van der Waals surface area contributed by atoms with Gasteiger partial charge in [-0.1, -0.05) is 18.2 Å². The summed E-state index contributed by atoms with van der Waals surface area (Å²) in [5, 5.41) is 0.993. The highest BCUT2D eigenvalue weighted by atomic mass is 16.2. The average Bonchev–Trinajstić information content (AvgIpc) is 3.21. The minimum absolute atomic E-state index is 0.0203. The molecule has 1 aliphatic heterocycles. The van der Waals surface area contributed by atoms with Gasteiger partial charge >= 0.3 is 0 Å². The molecule has 0 unspecified atom stereocenters. The quantitative estimate of drug-likeness (QED) is 0.760. The van der Waals surface area contributed by atoms with Gasteiger partial charge in [0.1, 0.15) is 0 Å². The lowest BCUT2D eigenvalue weighted by atomic mass is 10.1. The maximum absolute atomic E-state index is 13.3. The van der Waals surface area contributed by atoms with E-state index in [-0.39, 0.29) is 11.8 Å². The second kappa shape index (κ2) is 6.95. The van der Waals surface area contributed by atoms with Crippen molar-refractivity contribution in [1.29, 1.82) is 0 Å². The Balaban J connectivity index is 1.56. The zero-order valence-corrected chi connectivity index (χ0v) is 15.7. The van der Waals surface area contributed by atoms with Gasteiger partial charge in [0.05, 0.1) is 11.1 Å². The van der Waals surface area contributed by atoms with Gasteiger partial charge in [0.15, 0.2) is 0 Å². The number of fused-ring (bicyclic) bond motifs is 1. The van der Waals surface area contributed by atoms with Gasteiger partial charge in [0.2, 0.25) is 0 Å². The summed E-state index contributed by atoms with van der Waals surface area (Å²) >= 11 is 0. The number of hydrogen-bond acceptors (Lipinski definition) is 2. The first-order chi connectivity index (χ1) is 13.1. The van der Waals surface area contributed by atoms with Crippen LogP contribution in [-0.4, -0.2) is 57.3 Å². The van der Waals surface area contributed by atoms with E-state index in [1.165, 1.54) is 0 Å². The number of aromatic nitrogens is 2. The molecule has 0 aliphatic carbocycles. The molecular weight excluding hydrogens is 340 g/mol. The van der Waals surface area contributed by atoms with E-state index < -0.39 is 0 Å². The summed E-state index contributed by atoms with van der Waals surface area (Å²) in [6.45, 7) is 4.44. The molecule has 0 bridgehead atoms. The van der Waals surface area contributed by atoms with Gasteiger partial charge in [-0.05, 0) is 25.5 Å². The number of para-hydroxylation sites is 1. The Kier molecular flexibility index (Phi) is 4.48. The van der Waals surface area contributed by atoms with Gasteiger partial charge in [-0.2, -0.15) is 0 Å². The molecule has 1 aromatic carbocycles. The van der Waals surface area contributed by atoms with Gasteiger partial charge in [0.25, 0.3) is 11.8 Å². The monoisotopic (exact) mass is 364 g/mol. The van der Waals surface area contributed by atoms with Crippen LogP contribution in [0.1, 0.15) is 32.8 Å². The maximum atomic E-state index is 13.3. The third-order valence-corrected chi connectivity index (χ3v) is 5.53. The number of hydrogen-bond donors (Lipinski definition) is 1. The highest BCUT2D eigenvalue weighted by Crippen LogP contribution is 2.26. The summed E-state index contributed by atoms with van der Waals surface area (Å²) < 4.78 is 2.07. The van der Waals surface area contributed by atoms with Crippen LogP contribution in [0.15, 0.2) is 42.7 Å². The lowest BCUT2D eigenvalue weighted by Gasteiger charge is -2.22. The van der Waals surface area contributed by atoms with Crippen LogP contribution in [0, 0.1) is 6.92 Å². The Morgan fingerprint density at radius 2 is 1.67 bits per heavy atom. The predicted molar refractivity (Wildman–Crippen MR) is 105 cm³/mol. The van der Waals surface area contributed by atoms with Crippen molar-refractivity contribution < 1.29 is 9.59 Å². The molecule has 0 saturated carbocycles. The Labute approximate surface area is 158 Å². The summed E-state index contributed by atoms with van der Waals surface area (Å²) in [6, 6.07) is 9.80. The van der Waals surface area contributed by atoms with Crippen molar-refractivity contribution in [2.75, 3.05) is 26.2 Å². The highest BCUT2D eigenvalue weighted by Gasteiger charge is 2.27. The van der Waals surface area contributed by atoms with E-state index in [0.717, 1.165) is 28.6 Å². The number of carbonyl (C=O) groups is 2. The molecular formula is C21H24N4O2. The fourth-order valence-corrected chi connectivity index (χ4v) is 3.91. The number of H-pyrrole nitrogens is 1. The summed E-state index contributed by atoms with van der Waals surface area (Å²) in [7, 11) is 1.99. The molecule has 6 heteroatoms.